The summed E-state index contributed by atoms with van der Waals surface area (Å²) in [6.07, 6.45) is 4.62. The smallest absolute Gasteiger partial charge is 0.0379 e. The van der Waals surface area contributed by atoms with E-state index in [-0.39, 0.29) is 0 Å². The van der Waals surface area contributed by atoms with E-state index in [1.54, 1.807) is 0 Å². The van der Waals surface area contributed by atoms with Crippen LogP contribution in [0.15, 0.2) is 18.2 Å². The average molecular weight is 177 g/mol. The predicted molar refractivity (Wildman–Crippen MR) is 58.8 cm³/mol. The van der Waals surface area contributed by atoms with E-state index in [0.29, 0.717) is 0 Å². The largest absolute Gasteiger partial charge is 0.398 e. The third kappa shape index (κ3) is 2.48. The fourth-order valence-corrected chi connectivity index (χ4v) is 1.56. The van der Waals surface area contributed by atoms with E-state index in [9.17, 15) is 0 Å². The van der Waals surface area contributed by atoms with Gasteiger partial charge in [0.1, 0.15) is 0 Å². The first-order valence-corrected chi connectivity index (χ1v) is 5.15. The molecule has 1 aromatic carbocycles. The molecule has 0 aliphatic heterocycles. The van der Waals surface area contributed by atoms with Crippen molar-refractivity contribution >= 4 is 5.69 Å². The van der Waals surface area contributed by atoms with Crippen molar-refractivity contribution in [2.45, 2.75) is 39.5 Å². The van der Waals surface area contributed by atoms with Gasteiger partial charge in [-0.3, -0.25) is 0 Å². The number of hydrogen-bond donors (Lipinski definition) is 1. The van der Waals surface area contributed by atoms with Gasteiger partial charge in [-0.15, -0.1) is 0 Å². The SMILES string of the molecule is CCCCc1cccc(CC)c1N. The van der Waals surface area contributed by atoms with Crippen molar-refractivity contribution in [1.29, 1.82) is 0 Å². The third-order valence-corrected chi connectivity index (χ3v) is 2.47. The molecule has 0 aromatic heterocycles. The van der Waals surface area contributed by atoms with Gasteiger partial charge in [0.2, 0.25) is 0 Å². The Morgan fingerprint density at radius 2 is 1.85 bits per heavy atom. The molecule has 0 amide bonds. The van der Waals surface area contributed by atoms with Crippen LogP contribution in [0.5, 0.6) is 0 Å². The quantitative estimate of drug-likeness (QED) is 0.702. The summed E-state index contributed by atoms with van der Waals surface area (Å²) in [4.78, 5) is 0. The Bertz CT molecular complexity index is 266. The van der Waals surface area contributed by atoms with Gasteiger partial charge in [-0.25, -0.2) is 0 Å². The monoisotopic (exact) mass is 177 g/mol. The summed E-state index contributed by atoms with van der Waals surface area (Å²) in [5, 5.41) is 0. The van der Waals surface area contributed by atoms with Crippen molar-refractivity contribution in [3.8, 4) is 0 Å². The van der Waals surface area contributed by atoms with Crippen molar-refractivity contribution in [2.24, 2.45) is 0 Å². The van der Waals surface area contributed by atoms with Gasteiger partial charge in [-0.05, 0) is 30.4 Å². The van der Waals surface area contributed by atoms with Gasteiger partial charge in [0, 0.05) is 5.69 Å². The second-order valence-corrected chi connectivity index (χ2v) is 3.45. The zero-order chi connectivity index (χ0) is 9.68. The van der Waals surface area contributed by atoms with Crippen molar-refractivity contribution in [3.05, 3.63) is 29.3 Å². The highest BCUT2D eigenvalue weighted by atomic mass is 14.6. The lowest BCUT2D eigenvalue weighted by atomic mass is 10.0. The van der Waals surface area contributed by atoms with Crippen molar-refractivity contribution in [2.75, 3.05) is 5.73 Å². The van der Waals surface area contributed by atoms with Crippen LogP contribution >= 0.6 is 0 Å². The summed E-state index contributed by atoms with van der Waals surface area (Å²) in [5.41, 5.74) is 9.65. The van der Waals surface area contributed by atoms with Crippen LogP contribution in [0.3, 0.4) is 0 Å². The molecule has 0 radical (unpaired) electrons. The summed E-state index contributed by atoms with van der Waals surface area (Å²) in [7, 11) is 0. The van der Waals surface area contributed by atoms with Crippen LogP contribution in [0.25, 0.3) is 0 Å². The number of anilines is 1. The molecular formula is C12H19N. The Hall–Kier alpha value is -0.980. The molecule has 0 saturated heterocycles. The number of benzene rings is 1. The molecule has 0 fully saturated rings. The maximum Gasteiger partial charge on any atom is 0.0379 e. The van der Waals surface area contributed by atoms with Gasteiger partial charge in [0.25, 0.3) is 0 Å². The molecule has 0 saturated carbocycles. The van der Waals surface area contributed by atoms with Crippen LogP contribution in [0, 0.1) is 0 Å². The Balaban J connectivity index is 2.81. The van der Waals surface area contributed by atoms with Crippen LogP contribution in [-0.2, 0) is 12.8 Å². The van der Waals surface area contributed by atoms with E-state index in [0.717, 1.165) is 18.5 Å². The second-order valence-electron chi connectivity index (χ2n) is 3.45. The van der Waals surface area contributed by atoms with E-state index in [1.807, 2.05) is 0 Å². The highest BCUT2D eigenvalue weighted by Crippen LogP contribution is 2.19. The number of hydrogen-bond acceptors (Lipinski definition) is 1. The Morgan fingerprint density at radius 3 is 2.46 bits per heavy atom. The zero-order valence-corrected chi connectivity index (χ0v) is 8.64. The van der Waals surface area contributed by atoms with Gasteiger partial charge in [-0.2, -0.15) is 0 Å². The lowest BCUT2D eigenvalue weighted by Gasteiger charge is -2.08. The molecule has 1 rings (SSSR count). The summed E-state index contributed by atoms with van der Waals surface area (Å²) >= 11 is 0. The number of nitrogen functional groups attached to an aromatic ring is 1. The molecular weight excluding hydrogens is 158 g/mol. The number of aryl methyl sites for hydroxylation is 2. The summed E-state index contributed by atoms with van der Waals surface area (Å²) in [6.45, 7) is 4.36. The average Bonchev–Trinajstić information content (AvgIpc) is 2.16. The van der Waals surface area contributed by atoms with Crippen LogP contribution < -0.4 is 5.73 Å². The Kier molecular flexibility index (Phi) is 3.81. The van der Waals surface area contributed by atoms with Crippen LogP contribution in [0.4, 0.5) is 5.69 Å². The predicted octanol–water partition coefficient (Wildman–Crippen LogP) is 3.17. The summed E-state index contributed by atoms with van der Waals surface area (Å²) < 4.78 is 0. The molecule has 0 bridgehead atoms. The van der Waals surface area contributed by atoms with Crippen molar-refractivity contribution in [3.63, 3.8) is 0 Å². The third-order valence-electron chi connectivity index (χ3n) is 2.47. The van der Waals surface area contributed by atoms with Crippen LogP contribution in [-0.4, -0.2) is 0 Å². The number of unbranched alkanes of at least 4 members (excludes halogenated alkanes) is 1. The summed E-state index contributed by atoms with van der Waals surface area (Å²) in [6, 6.07) is 6.37. The normalized spacial score (nSPS) is 10.3. The van der Waals surface area contributed by atoms with Crippen molar-refractivity contribution < 1.29 is 0 Å². The molecule has 0 atom stereocenters. The summed E-state index contributed by atoms with van der Waals surface area (Å²) in [5.74, 6) is 0. The van der Waals surface area contributed by atoms with Gasteiger partial charge in [0.15, 0.2) is 0 Å². The molecule has 13 heavy (non-hydrogen) atoms. The molecule has 0 heterocycles. The Morgan fingerprint density at radius 1 is 1.15 bits per heavy atom. The number of rotatable bonds is 4. The van der Waals surface area contributed by atoms with Crippen molar-refractivity contribution in [1.82, 2.24) is 0 Å². The molecule has 1 nitrogen and oxygen atoms in total. The van der Waals surface area contributed by atoms with Gasteiger partial charge in [-0.1, -0.05) is 38.5 Å². The van der Waals surface area contributed by atoms with E-state index in [2.05, 4.69) is 32.0 Å². The van der Waals surface area contributed by atoms with E-state index in [4.69, 9.17) is 5.73 Å². The molecule has 0 aliphatic carbocycles. The lowest BCUT2D eigenvalue weighted by Crippen LogP contribution is -1.98. The van der Waals surface area contributed by atoms with Crippen LogP contribution in [0.2, 0.25) is 0 Å². The first kappa shape index (κ1) is 10.1. The first-order valence-electron chi connectivity index (χ1n) is 5.15. The number of para-hydroxylation sites is 1. The molecule has 72 valence electrons. The highest BCUT2D eigenvalue weighted by Gasteiger charge is 2.01. The highest BCUT2D eigenvalue weighted by molar-refractivity contribution is 5.53. The standard InChI is InChI=1S/C12H19N/c1-3-5-7-11-9-6-8-10(4-2)12(11)13/h6,8-9H,3-5,7,13H2,1-2H3. The van der Waals surface area contributed by atoms with Gasteiger partial charge < -0.3 is 5.73 Å². The van der Waals surface area contributed by atoms with E-state index < -0.39 is 0 Å². The fraction of sp³-hybridized carbons (Fsp3) is 0.500. The maximum absolute atomic E-state index is 6.03. The van der Waals surface area contributed by atoms with E-state index >= 15 is 0 Å². The molecule has 0 aliphatic rings. The zero-order valence-electron chi connectivity index (χ0n) is 8.64. The van der Waals surface area contributed by atoms with Gasteiger partial charge >= 0.3 is 0 Å². The number of nitrogens with two attached hydrogens (primary N) is 1. The maximum atomic E-state index is 6.03. The molecule has 1 heteroatoms. The molecule has 0 unspecified atom stereocenters. The lowest BCUT2D eigenvalue weighted by molar-refractivity contribution is 0.795. The van der Waals surface area contributed by atoms with Crippen LogP contribution in [0.1, 0.15) is 37.8 Å². The fourth-order valence-electron chi connectivity index (χ4n) is 1.56. The topological polar surface area (TPSA) is 26.0 Å². The Labute approximate surface area is 81.0 Å². The minimum Gasteiger partial charge on any atom is -0.398 e. The minimum atomic E-state index is 1.01. The van der Waals surface area contributed by atoms with Gasteiger partial charge in [0.05, 0.1) is 0 Å². The first-order chi connectivity index (χ1) is 6.29. The molecule has 2 N–H and O–H groups in total. The van der Waals surface area contributed by atoms with E-state index in [1.165, 1.54) is 24.0 Å². The second kappa shape index (κ2) is 4.90. The molecule has 1 aromatic rings. The molecule has 0 spiro atoms. The minimum absolute atomic E-state index is 1.01.